The Balaban J connectivity index is 1.79. The predicted molar refractivity (Wildman–Crippen MR) is 87.9 cm³/mol. The van der Waals surface area contributed by atoms with Crippen molar-refractivity contribution in [2.45, 2.75) is 51.6 Å². The maximum atomic E-state index is 13.0. The smallest absolute Gasteiger partial charge is 0.240 e. The van der Waals surface area contributed by atoms with E-state index in [1.54, 1.807) is 0 Å². The summed E-state index contributed by atoms with van der Waals surface area (Å²) in [6, 6.07) is -0.279. The maximum Gasteiger partial charge on any atom is 0.240 e. The van der Waals surface area contributed by atoms with Crippen molar-refractivity contribution in [1.29, 1.82) is 0 Å². The van der Waals surface area contributed by atoms with Gasteiger partial charge in [0.25, 0.3) is 0 Å². The van der Waals surface area contributed by atoms with Crippen LogP contribution in [0.15, 0.2) is 0 Å². The molecule has 0 radical (unpaired) electrons. The minimum Gasteiger partial charge on any atom is -0.381 e. The van der Waals surface area contributed by atoms with E-state index < -0.39 is 6.04 Å². The maximum absolute atomic E-state index is 13.0. The van der Waals surface area contributed by atoms with Crippen LogP contribution in [0, 0.1) is 19.8 Å². The zero-order chi connectivity index (χ0) is 16.6. The average molecular weight is 320 g/mol. The molecule has 0 aromatic carbocycles. The molecule has 0 saturated carbocycles. The molecule has 0 bridgehead atoms. The van der Waals surface area contributed by atoms with E-state index in [-0.39, 0.29) is 17.9 Å². The van der Waals surface area contributed by atoms with Crippen molar-refractivity contribution in [2.24, 2.45) is 18.7 Å². The van der Waals surface area contributed by atoms with Gasteiger partial charge in [0, 0.05) is 38.1 Å². The van der Waals surface area contributed by atoms with Gasteiger partial charge in [0.05, 0.1) is 17.8 Å². The molecule has 23 heavy (non-hydrogen) atoms. The lowest BCUT2D eigenvalue weighted by Crippen LogP contribution is -2.48. The fourth-order valence-electron chi connectivity index (χ4n) is 4.07. The first-order valence-corrected chi connectivity index (χ1v) is 8.64. The highest BCUT2D eigenvalue weighted by Crippen LogP contribution is 2.36. The van der Waals surface area contributed by atoms with E-state index >= 15 is 0 Å². The lowest BCUT2D eigenvalue weighted by Gasteiger charge is -2.32. The van der Waals surface area contributed by atoms with Crippen molar-refractivity contribution in [3.63, 3.8) is 0 Å². The second kappa shape index (κ2) is 6.61. The van der Waals surface area contributed by atoms with E-state index in [2.05, 4.69) is 12.0 Å². The fraction of sp³-hybridized carbons (Fsp3) is 0.765. The third-order valence-electron chi connectivity index (χ3n) is 5.49. The van der Waals surface area contributed by atoms with Crippen molar-refractivity contribution in [3.05, 3.63) is 17.0 Å². The van der Waals surface area contributed by atoms with Crippen molar-refractivity contribution < 1.29 is 9.53 Å². The van der Waals surface area contributed by atoms with Gasteiger partial charge in [-0.05, 0) is 45.4 Å². The van der Waals surface area contributed by atoms with E-state index in [0.29, 0.717) is 0 Å². The lowest BCUT2D eigenvalue weighted by atomic mass is 9.91. The predicted octanol–water partition coefficient (Wildman–Crippen LogP) is 1.45. The standard InChI is InChI=1S/C17H28N4O2/c1-11-15(12(2)20(3)19-11)14-5-4-8-21(14)17(22)16(18)13-6-9-23-10-7-13/h13-14,16H,4-10,18H2,1-3H3. The summed E-state index contributed by atoms with van der Waals surface area (Å²) < 4.78 is 7.30. The van der Waals surface area contributed by atoms with Gasteiger partial charge in [-0.3, -0.25) is 9.48 Å². The highest BCUT2D eigenvalue weighted by molar-refractivity contribution is 5.82. The summed E-state index contributed by atoms with van der Waals surface area (Å²) in [5.41, 5.74) is 9.70. The highest BCUT2D eigenvalue weighted by Gasteiger charge is 2.37. The molecule has 3 rings (SSSR count). The number of amides is 1. The summed E-state index contributed by atoms with van der Waals surface area (Å²) in [6.45, 7) is 6.34. The van der Waals surface area contributed by atoms with Gasteiger partial charge >= 0.3 is 0 Å². The van der Waals surface area contributed by atoms with Gasteiger partial charge < -0.3 is 15.4 Å². The fourth-order valence-corrected chi connectivity index (χ4v) is 4.07. The Bertz CT molecular complexity index is 577. The molecule has 2 N–H and O–H groups in total. The Labute approximate surface area is 138 Å². The Morgan fingerprint density at radius 2 is 2.00 bits per heavy atom. The topological polar surface area (TPSA) is 73.4 Å². The number of ether oxygens (including phenoxy) is 1. The molecule has 2 aliphatic rings. The number of aromatic nitrogens is 2. The van der Waals surface area contributed by atoms with E-state index in [4.69, 9.17) is 10.5 Å². The van der Waals surface area contributed by atoms with Crippen LogP contribution in [0.1, 0.15) is 48.7 Å². The zero-order valence-electron chi connectivity index (χ0n) is 14.4. The number of rotatable bonds is 3. The SMILES string of the molecule is Cc1nn(C)c(C)c1C1CCCN1C(=O)C(N)C1CCOCC1. The number of nitrogens with two attached hydrogens (primary N) is 1. The van der Waals surface area contributed by atoms with Gasteiger partial charge in [-0.25, -0.2) is 0 Å². The number of hydrogen-bond donors (Lipinski definition) is 1. The third-order valence-corrected chi connectivity index (χ3v) is 5.49. The second-order valence-electron chi connectivity index (χ2n) is 6.87. The van der Waals surface area contributed by atoms with Crippen LogP contribution in [0.25, 0.3) is 0 Å². The van der Waals surface area contributed by atoms with Crippen LogP contribution >= 0.6 is 0 Å². The van der Waals surface area contributed by atoms with E-state index in [1.165, 1.54) is 5.56 Å². The normalized spacial score (nSPS) is 24.2. The number of hydrogen-bond acceptors (Lipinski definition) is 4. The number of likely N-dealkylation sites (tertiary alicyclic amines) is 1. The molecule has 3 heterocycles. The third kappa shape index (κ3) is 3.02. The van der Waals surface area contributed by atoms with Crippen LogP contribution in [-0.4, -0.2) is 46.4 Å². The summed E-state index contributed by atoms with van der Waals surface area (Å²) in [5, 5.41) is 4.51. The molecule has 2 aliphatic heterocycles. The quantitative estimate of drug-likeness (QED) is 0.915. The largest absolute Gasteiger partial charge is 0.381 e. The first-order chi connectivity index (χ1) is 11.0. The molecule has 6 heteroatoms. The highest BCUT2D eigenvalue weighted by atomic mass is 16.5. The molecule has 2 fully saturated rings. The first-order valence-electron chi connectivity index (χ1n) is 8.64. The van der Waals surface area contributed by atoms with Gasteiger partial charge in [-0.2, -0.15) is 5.10 Å². The molecule has 0 spiro atoms. The van der Waals surface area contributed by atoms with Gasteiger partial charge in [-0.15, -0.1) is 0 Å². The monoisotopic (exact) mass is 320 g/mol. The first kappa shape index (κ1) is 16.5. The Hall–Kier alpha value is -1.40. The van der Waals surface area contributed by atoms with Crippen molar-refractivity contribution in [2.75, 3.05) is 19.8 Å². The van der Waals surface area contributed by atoms with Crippen LogP contribution in [-0.2, 0) is 16.6 Å². The molecule has 128 valence electrons. The van der Waals surface area contributed by atoms with E-state index in [0.717, 1.165) is 56.8 Å². The summed E-state index contributed by atoms with van der Waals surface area (Å²) in [6.07, 6.45) is 3.80. The molecule has 1 aromatic heterocycles. The Morgan fingerprint density at radius 1 is 1.30 bits per heavy atom. The van der Waals surface area contributed by atoms with Crippen LogP contribution in [0.2, 0.25) is 0 Å². The molecular weight excluding hydrogens is 292 g/mol. The van der Waals surface area contributed by atoms with Gasteiger partial charge in [0.1, 0.15) is 0 Å². The van der Waals surface area contributed by atoms with Crippen LogP contribution in [0.3, 0.4) is 0 Å². The number of carbonyl (C=O) groups is 1. The van der Waals surface area contributed by atoms with Gasteiger partial charge in [0.15, 0.2) is 0 Å². The summed E-state index contributed by atoms with van der Waals surface area (Å²) in [4.78, 5) is 15.0. The molecule has 1 aromatic rings. The molecule has 1 amide bonds. The second-order valence-corrected chi connectivity index (χ2v) is 6.87. The number of carbonyl (C=O) groups excluding carboxylic acids is 1. The Morgan fingerprint density at radius 3 is 2.61 bits per heavy atom. The van der Waals surface area contributed by atoms with Crippen LogP contribution in [0.4, 0.5) is 0 Å². The van der Waals surface area contributed by atoms with Crippen LogP contribution in [0.5, 0.6) is 0 Å². The summed E-state index contributed by atoms with van der Waals surface area (Å²) in [5.74, 6) is 0.343. The van der Waals surface area contributed by atoms with E-state index in [1.807, 2.05) is 23.6 Å². The van der Waals surface area contributed by atoms with Gasteiger partial charge in [0.2, 0.25) is 5.91 Å². The summed E-state index contributed by atoms with van der Waals surface area (Å²) in [7, 11) is 1.96. The van der Waals surface area contributed by atoms with Crippen molar-refractivity contribution >= 4 is 5.91 Å². The van der Waals surface area contributed by atoms with Crippen molar-refractivity contribution in [1.82, 2.24) is 14.7 Å². The number of nitrogens with zero attached hydrogens (tertiary/aromatic N) is 3. The minimum absolute atomic E-state index is 0.0991. The molecule has 0 aliphatic carbocycles. The lowest BCUT2D eigenvalue weighted by molar-refractivity contribution is -0.135. The molecule has 2 unspecified atom stereocenters. The molecule has 2 atom stereocenters. The molecule has 2 saturated heterocycles. The molecule has 6 nitrogen and oxygen atoms in total. The number of aryl methyl sites for hydroxylation is 2. The molecular formula is C17H28N4O2. The Kier molecular flexibility index (Phi) is 4.73. The average Bonchev–Trinajstić information content (AvgIpc) is 3.12. The zero-order valence-corrected chi connectivity index (χ0v) is 14.4. The minimum atomic E-state index is -0.406. The van der Waals surface area contributed by atoms with Gasteiger partial charge in [-0.1, -0.05) is 0 Å². The van der Waals surface area contributed by atoms with E-state index in [9.17, 15) is 4.79 Å². The van der Waals surface area contributed by atoms with Crippen LogP contribution < -0.4 is 5.73 Å². The summed E-state index contributed by atoms with van der Waals surface area (Å²) >= 11 is 0. The van der Waals surface area contributed by atoms with Crippen molar-refractivity contribution in [3.8, 4) is 0 Å².